The number of piperidine rings is 1. The van der Waals surface area contributed by atoms with Crippen LogP contribution < -0.4 is 5.32 Å². The van der Waals surface area contributed by atoms with Crippen LogP contribution in [0.15, 0.2) is 34.5 Å². The highest BCUT2D eigenvalue weighted by Gasteiger charge is 2.25. The summed E-state index contributed by atoms with van der Waals surface area (Å²) in [6.45, 7) is 7.57. The van der Waals surface area contributed by atoms with Crippen LogP contribution in [0, 0.1) is 12.8 Å². The van der Waals surface area contributed by atoms with E-state index in [9.17, 15) is 9.59 Å². The van der Waals surface area contributed by atoms with Crippen LogP contribution in [0.1, 0.15) is 54.2 Å². The monoisotopic (exact) mass is 431 g/mol. The van der Waals surface area contributed by atoms with Crippen LogP contribution in [-0.2, 0) is 10.5 Å². The minimum atomic E-state index is -0.0329. The Morgan fingerprint density at radius 1 is 1.28 bits per heavy atom. The standard InChI is InChI=1S/C22H29N3O2S2/c1-15(2)12-21(26)25-10-8-17(9-11-25)24-22(27)19-6-4-5-7-20(19)29-14-18-13-28-16(3)23-18/h4-7,13,15,17H,8-12,14H2,1-3H3,(H,24,27). The van der Waals surface area contributed by atoms with Gasteiger partial charge in [-0.1, -0.05) is 26.0 Å². The van der Waals surface area contributed by atoms with E-state index in [0.717, 1.165) is 47.3 Å². The van der Waals surface area contributed by atoms with Crippen LogP contribution in [0.25, 0.3) is 0 Å². The van der Waals surface area contributed by atoms with Gasteiger partial charge in [-0.3, -0.25) is 9.59 Å². The first-order chi connectivity index (χ1) is 13.9. The molecule has 2 amide bonds. The maximum atomic E-state index is 12.9. The van der Waals surface area contributed by atoms with Gasteiger partial charge < -0.3 is 10.2 Å². The van der Waals surface area contributed by atoms with Gasteiger partial charge in [0.25, 0.3) is 5.91 Å². The molecule has 1 fully saturated rings. The lowest BCUT2D eigenvalue weighted by Crippen LogP contribution is -2.46. The Bertz CT molecular complexity index is 842. The molecular weight excluding hydrogens is 402 g/mol. The fraction of sp³-hybridized carbons (Fsp3) is 0.500. The van der Waals surface area contributed by atoms with E-state index in [1.54, 1.807) is 23.1 Å². The Labute approximate surface area is 181 Å². The summed E-state index contributed by atoms with van der Waals surface area (Å²) in [7, 11) is 0. The van der Waals surface area contributed by atoms with Crippen LogP contribution >= 0.6 is 23.1 Å². The normalized spacial score (nSPS) is 15.0. The lowest BCUT2D eigenvalue weighted by atomic mass is 10.0. The third kappa shape index (κ3) is 6.31. The quantitative estimate of drug-likeness (QED) is 0.655. The number of benzene rings is 1. The zero-order valence-corrected chi connectivity index (χ0v) is 18.9. The molecule has 0 aliphatic carbocycles. The molecule has 0 saturated carbocycles. The van der Waals surface area contributed by atoms with Gasteiger partial charge in [0.2, 0.25) is 5.91 Å². The SMILES string of the molecule is Cc1nc(CSc2ccccc2C(=O)NC2CCN(C(=O)CC(C)C)CC2)cs1. The molecule has 7 heteroatoms. The van der Waals surface area contributed by atoms with Gasteiger partial charge in [0.05, 0.1) is 16.3 Å². The van der Waals surface area contributed by atoms with Gasteiger partial charge in [0.1, 0.15) is 0 Å². The number of aryl methyl sites for hydroxylation is 1. The van der Waals surface area contributed by atoms with E-state index < -0.39 is 0 Å². The van der Waals surface area contributed by atoms with Crippen LogP contribution in [0.2, 0.25) is 0 Å². The number of rotatable bonds is 7. The maximum absolute atomic E-state index is 12.9. The first-order valence-corrected chi connectivity index (χ1v) is 12.0. The van der Waals surface area contributed by atoms with Gasteiger partial charge in [-0.05, 0) is 37.8 Å². The first-order valence-electron chi connectivity index (χ1n) is 10.1. The molecule has 3 rings (SSSR count). The molecule has 1 aromatic carbocycles. The van der Waals surface area contributed by atoms with Crippen LogP contribution in [0.4, 0.5) is 0 Å². The zero-order valence-electron chi connectivity index (χ0n) is 17.3. The molecule has 1 N–H and O–H groups in total. The fourth-order valence-electron chi connectivity index (χ4n) is 3.42. The van der Waals surface area contributed by atoms with Crippen molar-refractivity contribution >= 4 is 34.9 Å². The summed E-state index contributed by atoms with van der Waals surface area (Å²) in [5.74, 6) is 1.32. The van der Waals surface area contributed by atoms with Crippen molar-refractivity contribution in [3.05, 3.63) is 45.9 Å². The molecule has 5 nitrogen and oxygen atoms in total. The first kappa shape index (κ1) is 21.8. The molecule has 0 radical (unpaired) electrons. The Morgan fingerprint density at radius 3 is 2.66 bits per heavy atom. The maximum Gasteiger partial charge on any atom is 0.252 e. The van der Waals surface area contributed by atoms with Crippen LogP contribution in [-0.4, -0.2) is 40.8 Å². The lowest BCUT2D eigenvalue weighted by molar-refractivity contribution is -0.133. The third-order valence-electron chi connectivity index (χ3n) is 4.94. The number of hydrogen-bond acceptors (Lipinski definition) is 5. The topological polar surface area (TPSA) is 62.3 Å². The lowest BCUT2D eigenvalue weighted by Gasteiger charge is -2.33. The Morgan fingerprint density at radius 2 is 2.00 bits per heavy atom. The average molecular weight is 432 g/mol. The minimum Gasteiger partial charge on any atom is -0.349 e. The molecule has 1 aliphatic heterocycles. The van der Waals surface area contributed by atoms with E-state index in [-0.39, 0.29) is 17.9 Å². The molecule has 0 atom stereocenters. The molecule has 156 valence electrons. The highest BCUT2D eigenvalue weighted by molar-refractivity contribution is 7.98. The van der Waals surface area contributed by atoms with Gasteiger partial charge in [-0.2, -0.15) is 0 Å². The summed E-state index contributed by atoms with van der Waals surface area (Å²) in [6, 6.07) is 7.85. The Balaban J connectivity index is 1.54. The number of thiazole rings is 1. The molecule has 2 heterocycles. The molecule has 0 unspecified atom stereocenters. The molecular formula is C22H29N3O2S2. The smallest absolute Gasteiger partial charge is 0.252 e. The van der Waals surface area contributed by atoms with Crippen molar-refractivity contribution in [2.24, 2.45) is 5.92 Å². The van der Waals surface area contributed by atoms with Crippen molar-refractivity contribution in [1.82, 2.24) is 15.2 Å². The Kier molecular flexibility index (Phi) is 7.72. The van der Waals surface area contributed by atoms with Crippen molar-refractivity contribution in [2.75, 3.05) is 13.1 Å². The van der Waals surface area contributed by atoms with Gasteiger partial charge in [0, 0.05) is 41.6 Å². The van der Waals surface area contributed by atoms with Crippen LogP contribution in [0.5, 0.6) is 0 Å². The van der Waals surface area contributed by atoms with Gasteiger partial charge in [-0.25, -0.2) is 4.98 Å². The van der Waals surface area contributed by atoms with Crippen molar-refractivity contribution in [1.29, 1.82) is 0 Å². The molecule has 1 aliphatic rings. The zero-order chi connectivity index (χ0) is 20.8. The summed E-state index contributed by atoms with van der Waals surface area (Å²) in [5, 5.41) is 6.30. The molecule has 0 spiro atoms. The molecule has 0 bridgehead atoms. The van der Waals surface area contributed by atoms with Crippen molar-refractivity contribution in [2.45, 2.75) is 56.7 Å². The number of thioether (sulfide) groups is 1. The fourth-order valence-corrected chi connectivity index (χ4v) is 5.08. The summed E-state index contributed by atoms with van der Waals surface area (Å²) in [5.41, 5.74) is 1.76. The number of amides is 2. The van der Waals surface area contributed by atoms with Gasteiger partial charge in [0.15, 0.2) is 0 Å². The van der Waals surface area contributed by atoms with Crippen LogP contribution in [0.3, 0.4) is 0 Å². The van der Waals surface area contributed by atoms with Crippen molar-refractivity contribution in [3.8, 4) is 0 Å². The van der Waals surface area contributed by atoms with E-state index in [0.29, 0.717) is 17.9 Å². The van der Waals surface area contributed by atoms with Crippen molar-refractivity contribution < 1.29 is 9.59 Å². The molecule has 29 heavy (non-hydrogen) atoms. The third-order valence-corrected chi connectivity index (χ3v) is 6.87. The summed E-state index contributed by atoms with van der Waals surface area (Å²) < 4.78 is 0. The number of nitrogens with zero attached hydrogens (tertiary/aromatic N) is 2. The van der Waals surface area contributed by atoms with Gasteiger partial charge in [-0.15, -0.1) is 23.1 Å². The summed E-state index contributed by atoms with van der Waals surface area (Å²) in [6.07, 6.45) is 2.21. The Hall–Kier alpha value is -1.86. The summed E-state index contributed by atoms with van der Waals surface area (Å²) >= 11 is 3.29. The number of carbonyl (C=O) groups excluding carboxylic acids is 2. The van der Waals surface area contributed by atoms with E-state index in [4.69, 9.17) is 0 Å². The van der Waals surface area contributed by atoms with E-state index in [1.165, 1.54) is 0 Å². The number of likely N-dealkylation sites (tertiary alicyclic amines) is 1. The second-order valence-electron chi connectivity index (χ2n) is 7.87. The minimum absolute atomic E-state index is 0.0329. The molecule has 2 aromatic rings. The number of nitrogens with one attached hydrogen (secondary N) is 1. The van der Waals surface area contributed by atoms with E-state index in [2.05, 4.69) is 29.5 Å². The highest BCUT2D eigenvalue weighted by atomic mass is 32.2. The predicted molar refractivity (Wildman–Crippen MR) is 119 cm³/mol. The van der Waals surface area contributed by atoms with E-state index in [1.807, 2.05) is 36.1 Å². The molecule has 1 saturated heterocycles. The second kappa shape index (κ2) is 10.3. The predicted octanol–water partition coefficient (Wildman–Crippen LogP) is 4.51. The highest BCUT2D eigenvalue weighted by Crippen LogP contribution is 2.27. The molecule has 1 aromatic heterocycles. The largest absolute Gasteiger partial charge is 0.349 e. The average Bonchev–Trinajstić information content (AvgIpc) is 3.12. The van der Waals surface area contributed by atoms with Crippen molar-refractivity contribution in [3.63, 3.8) is 0 Å². The number of aromatic nitrogens is 1. The number of hydrogen-bond donors (Lipinski definition) is 1. The summed E-state index contributed by atoms with van der Waals surface area (Å²) in [4.78, 5) is 32.5. The van der Waals surface area contributed by atoms with E-state index >= 15 is 0 Å². The number of carbonyl (C=O) groups is 2. The van der Waals surface area contributed by atoms with Gasteiger partial charge >= 0.3 is 0 Å². The second-order valence-corrected chi connectivity index (χ2v) is 9.95.